The van der Waals surface area contributed by atoms with Gasteiger partial charge in [0.1, 0.15) is 11.5 Å². The molecule has 5 heteroatoms. The number of carbonyl (C=O) groups is 1. The lowest BCUT2D eigenvalue weighted by Crippen LogP contribution is -2.09. The second-order valence-corrected chi connectivity index (χ2v) is 6.05. The summed E-state index contributed by atoms with van der Waals surface area (Å²) in [6, 6.07) is 16.9. The molecule has 0 saturated heterocycles. The summed E-state index contributed by atoms with van der Waals surface area (Å²) >= 11 is 0. The Balaban J connectivity index is 1.73. The molecule has 0 unspecified atom stereocenters. The number of carbonyl (C=O) groups excluding carboxylic acids is 1. The molecule has 2 aromatic carbocycles. The quantitative estimate of drug-likeness (QED) is 0.497. The van der Waals surface area contributed by atoms with Crippen LogP contribution in [0.15, 0.2) is 54.6 Å². The Morgan fingerprint density at radius 1 is 1.04 bits per heavy atom. The summed E-state index contributed by atoms with van der Waals surface area (Å²) in [5.74, 6) is 1.10. The predicted octanol–water partition coefficient (Wildman–Crippen LogP) is 4.04. The van der Waals surface area contributed by atoms with Gasteiger partial charge in [-0.05, 0) is 50.1 Å². The van der Waals surface area contributed by atoms with Crippen LogP contribution in [0.4, 0.5) is 0 Å². The van der Waals surface area contributed by atoms with E-state index in [1.807, 2.05) is 61.0 Å². The lowest BCUT2D eigenvalue weighted by Gasteiger charge is -2.07. The molecule has 0 spiro atoms. The predicted molar refractivity (Wildman–Crippen MR) is 100.0 cm³/mol. The molecule has 1 aromatic heterocycles. The van der Waals surface area contributed by atoms with Crippen LogP contribution in [0.2, 0.25) is 0 Å². The van der Waals surface area contributed by atoms with Crippen molar-refractivity contribution in [2.75, 3.05) is 7.11 Å². The van der Waals surface area contributed by atoms with Gasteiger partial charge < -0.3 is 9.47 Å². The Hall–Kier alpha value is -3.08. The first kappa shape index (κ1) is 17.7. The van der Waals surface area contributed by atoms with E-state index in [9.17, 15) is 4.79 Å². The monoisotopic (exact) mass is 350 g/mol. The van der Waals surface area contributed by atoms with Gasteiger partial charge in [-0.15, -0.1) is 0 Å². The number of ether oxygens (including phenoxy) is 2. The minimum absolute atomic E-state index is 0.246. The maximum atomic E-state index is 12.1. The molecule has 0 fully saturated rings. The Kier molecular flexibility index (Phi) is 5.37. The first-order valence-electron chi connectivity index (χ1n) is 8.53. The summed E-state index contributed by atoms with van der Waals surface area (Å²) in [6.07, 6.45) is 0.897. The SMILES string of the molecule is COc1cccc(-n2nc(C)c(CCC(=O)Oc3ccccc3)c2C)c1. The minimum Gasteiger partial charge on any atom is -0.497 e. The average Bonchev–Trinajstić information content (AvgIpc) is 2.95. The molecule has 0 amide bonds. The number of aryl methyl sites for hydroxylation is 1. The number of hydrogen-bond acceptors (Lipinski definition) is 4. The minimum atomic E-state index is -0.246. The molecule has 134 valence electrons. The van der Waals surface area contributed by atoms with Crippen LogP contribution in [0.25, 0.3) is 5.69 Å². The van der Waals surface area contributed by atoms with Crippen LogP contribution >= 0.6 is 0 Å². The van der Waals surface area contributed by atoms with Crippen molar-refractivity contribution in [3.63, 3.8) is 0 Å². The zero-order valence-corrected chi connectivity index (χ0v) is 15.2. The maximum absolute atomic E-state index is 12.1. The van der Waals surface area contributed by atoms with Crippen molar-refractivity contribution < 1.29 is 14.3 Å². The van der Waals surface area contributed by atoms with Crippen LogP contribution in [0.5, 0.6) is 11.5 Å². The molecule has 1 heterocycles. The lowest BCUT2D eigenvalue weighted by molar-refractivity contribution is -0.134. The van der Waals surface area contributed by atoms with Gasteiger partial charge in [0, 0.05) is 11.8 Å². The van der Waals surface area contributed by atoms with Crippen LogP contribution in [-0.4, -0.2) is 22.9 Å². The van der Waals surface area contributed by atoms with Gasteiger partial charge in [0.25, 0.3) is 0 Å². The standard InChI is InChI=1S/C21H22N2O3/c1-15-20(12-13-21(24)26-18-9-5-4-6-10-18)16(2)23(22-15)17-8-7-11-19(14-17)25-3/h4-11,14H,12-13H2,1-3H3. The number of aromatic nitrogens is 2. The summed E-state index contributed by atoms with van der Waals surface area (Å²) in [7, 11) is 1.64. The fourth-order valence-corrected chi connectivity index (χ4v) is 2.93. The second kappa shape index (κ2) is 7.87. The second-order valence-electron chi connectivity index (χ2n) is 6.05. The van der Waals surface area contributed by atoms with Gasteiger partial charge in [-0.1, -0.05) is 24.3 Å². The average molecular weight is 350 g/mol. The third kappa shape index (κ3) is 3.94. The van der Waals surface area contributed by atoms with E-state index in [1.165, 1.54) is 0 Å². The van der Waals surface area contributed by atoms with E-state index < -0.39 is 0 Å². The first-order chi connectivity index (χ1) is 12.6. The number of para-hydroxylation sites is 1. The van der Waals surface area contributed by atoms with Gasteiger partial charge in [0.15, 0.2) is 0 Å². The van der Waals surface area contributed by atoms with Crippen LogP contribution in [-0.2, 0) is 11.2 Å². The number of nitrogens with zero attached hydrogens (tertiary/aromatic N) is 2. The highest BCUT2D eigenvalue weighted by atomic mass is 16.5. The van der Waals surface area contributed by atoms with E-state index in [0.29, 0.717) is 18.6 Å². The van der Waals surface area contributed by atoms with Crippen LogP contribution in [0.1, 0.15) is 23.4 Å². The van der Waals surface area contributed by atoms with Gasteiger partial charge >= 0.3 is 5.97 Å². The molecule has 0 atom stereocenters. The normalized spacial score (nSPS) is 10.6. The summed E-state index contributed by atoms with van der Waals surface area (Å²) < 4.78 is 12.5. The van der Waals surface area contributed by atoms with Crippen LogP contribution in [0, 0.1) is 13.8 Å². The molecule has 3 rings (SSSR count). The fraction of sp³-hybridized carbons (Fsp3) is 0.238. The molecular formula is C21H22N2O3. The highest BCUT2D eigenvalue weighted by Gasteiger charge is 2.15. The van der Waals surface area contributed by atoms with E-state index in [2.05, 4.69) is 5.10 Å². The van der Waals surface area contributed by atoms with E-state index in [0.717, 1.165) is 28.4 Å². The molecule has 5 nitrogen and oxygen atoms in total. The fourth-order valence-electron chi connectivity index (χ4n) is 2.93. The smallest absolute Gasteiger partial charge is 0.311 e. The van der Waals surface area contributed by atoms with E-state index in [1.54, 1.807) is 19.2 Å². The van der Waals surface area contributed by atoms with Gasteiger partial charge in [0.05, 0.1) is 24.9 Å². The lowest BCUT2D eigenvalue weighted by atomic mass is 10.1. The van der Waals surface area contributed by atoms with Gasteiger partial charge in [0.2, 0.25) is 0 Å². The molecule has 26 heavy (non-hydrogen) atoms. The van der Waals surface area contributed by atoms with Crippen molar-refractivity contribution in [2.24, 2.45) is 0 Å². The largest absolute Gasteiger partial charge is 0.497 e. The molecule has 0 aliphatic rings. The van der Waals surface area contributed by atoms with Gasteiger partial charge in [-0.3, -0.25) is 4.79 Å². The molecule has 0 aliphatic heterocycles. The Bertz CT molecular complexity index is 901. The number of esters is 1. The first-order valence-corrected chi connectivity index (χ1v) is 8.53. The van der Waals surface area contributed by atoms with Crippen molar-refractivity contribution in [1.82, 2.24) is 9.78 Å². The van der Waals surface area contributed by atoms with Crippen molar-refractivity contribution in [3.8, 4) is 17.2 Å². The Morgan fingerprint density at radius 3 is 2.50 bits per heavy atom. The van der Waals surface area contributed by atoms with E-state index >= 15 is 0 Å². The van der Waals surface area contributed by atoms with E-state index in [-0.39, 0.29) is 5.97 Å². The number of hydrogen-bond donors (Lipinski definition) is 0. The van der Waals surface area contributed by atoms with Crippen molar-refractivity contribution in [1.29, 1.82) is 0 Å². The van der Waals surface area contributed by atoms with E-state index in [4.69, 9.17) is 9.47 Å². The molecule has 0 aliphatic carbocycles. The van der Waals surface area contributed by atoms with Gasteiger partial charge in [-0.25, -0.2) is 4.68 Å². The topological polar surface area (TPSA) is 53.4 Å². The molecule has 3 aromatic rings. The molecular weight excluding hydrogens is 328 g/mol. The maximum Gasteiger partial charge on any atom is 0.311 e. The Morgan fingerprint density at radius 2 is 1.77 bits per heavy atom. The van der Waals surface area contributed by atoms with Crippen LogP contribution < -0.4 is 9.47 Å². The number of rotatable bonds is 6. The highest BCUT2D eigenvalue weighted by molar-refractivity contribution is 5.72. The highest BCUT2D eigenvalue weighted by Crippen LogP contribution is 2.22. The third-order valence-electron chi connectivity index (χ3n) is 4.29. The third-order valence-corrected chi connectivity index (χ3v) is 4.29. The summed E-state index contributed by atoms with van der Waals surface area (Å²) in [5, 5.41) is 4.63. The summed E-state index contributed by atoms with van der Waals surface area (Å²) in [6.45, 7) is 3.97. The summed E-state index contributed by atoms with van der Waals surface area (Å²) in [4.78, 5) is 12.1. The summed E-state index contributed by atoms with van der Waals surface area (Å²) in [5.41, 5.74) is 3.93. The molecule has 0 saturated carbocycles. The van der Waals surface area contributed by atoms with Crippen LogP contribution in [0.3, 0.4) is 0 Å². The van der Waals surface area contributed by atoms with Crippen molar-refractivity contribution in [3.05, 3.63) is 71.5 Å². The molecule has 0 radical (unpaired) electrons. The van der Waals surface area contributed by atoms with Crippen molar-refractivity contribution in [2.45, 2.75) is 26.7 Å². The van der Waals surface area contributed by atoms with Gasteiger partial charge in [-0.2, -0.15) is 5.10 Å². The number of benzene rings is 2. The zero-order valence-electron chi connectivity index (χ0n) is 15.2. The molecule has 0 bridgehead atoms. The van der Waals surface area contributed by atoms with Crippen molar-refractivity contribution >= 4 is 5.97 Å². The zero-order chi connectivity index (χ0) is 18.5. The molecule has 0 N–H and O–H groups in total. The Labute approximate surface area is 153 Å². The number of methoxy groups -OCH3 is 1.